The Balaban J connectivity index is 2.85. The molecule has 1 aromatic carbocycles. The summed E-state index contributed by atoms with van der Waals surface area (Å²) >= 11 is 0. The molecule has 0 saturated carbocycles. The zero-order valence-electron chi connectivity index (χ0n) is 19.2. The predicted octanol–water partition coefficient (Wildman–Crippen LogP) is 6.55. The van der Waals surface area contributed by atoms with Gasteiger partial charge in [-0.3, -0.25) is 0 Å². The van der Waals surface area contributed by atoms with Crippen molar-refractivity contribution in [2.75, 3.05) is 12.3 Å². The van der Waals surface area contributed by atoms with Crippen molar-refractivity contribution in [3.63, 3.8) is 0 Å². The number of carbonyl (C=O) groups is 2. The van der Waals surface area contributed by atoms with Crippen molar-refractivity contribution >= 4 is 19.2 Å². The topological polar surface area (TPSA) is 104 Å². The summed E-state index contributed by atoms with van der Waals surface area (Å²) in [5, 5.41) is 9.34. The van der Waals surface area contributed by atoms with Crippen molar-refractivity contribution in [1.82, 2.24) is 0 Å². The van der Waals surface area contributed by atoms with Gasteiger partial charge in [-0.25, -0.2) is 0 Å². The normalized spacial score (nSPS) is 12.8. The van der Waals surface area contributed by atoms with Crippen LogP contribution in [0.4, 0.5) is 0 Å². The maximum absolute atomic E-state index is 12.8. The van der Waals surface area contributed by atoms with E-state index in [4.69, 9.17) is 4.52 Å². The van der Waals surface area contributed by atoms with Crippen LogP contribution < -0.4 is 0 Å². The van der Waals surface area contributed by atoms with E-state index >= 15 is 0 Å². The van der Waals surface area contributed by atoms with E-state index in [0.29, 0.717) is 12.8 Å². The Morgan fingerprint density at radius 1 is 0.742 bits per heavy atom. The van der Waals surface area contributed by atoms with Gasteiger partial charge in [0.25, 0.3) is 0 Å². The molecule has 0 aromatic heterocycles. The fourth-order valence-corrected chi connectivity index (χ4v) is 6.32. The van der Waals surface area contributed by atoms with Crippen LogP contribution in [0.25, 0.3) is 0 Å². The number of benzene rings is 1. The van der Waals surface area contributed by atoms with Crippen molar-refractivity contribution in [3.05, 3.63) is 35.4 Å². The van der Waals surface area contributed by atoms with Gasteiger partial charge in [-0.2, -0.15) is 0 Å². The van der Waals surface area contributed by atoms with E-state index in [2.05, 4.69) is 13.8 Å². The molecule has 0 radical (unpaired) electrons. The summed E-state index contributed by atoms with van der Waals surface area (Å²) in [5.41, 5.74) is -0.358. The van der Waals surface area contributed by atoms with Gasteiger partial charge in [0.2, 0.25) is 0 Å². The van der Waals surface area contributed by atoms with Crippen molar-refractivity contribution in [2.24, 2.45) is 0 Å². The Labute approximate surface area is 187 Å². The number of carboxylic acids is 1. The number of hydrogen-bond acceptors (Lipinski definition) is 5. The van der Waals surface area contributed by atoms with Crippen LogP contribution in [0.15, 0.2) is 24.3 Å². The molecule has 0 aliphatic heterocycles. The fourth-order valence-electron chi connectivity index (χ4n) is 3.71. The molecule has 0 saturated heterocycles. The van der Waals surface area contributed by atoms with Crippen LogP contribution in [-0.2, 0) is 4.52 Å². The molecule has 1 aromatic rings. The van der Waals surface area contributed by atoms with Crippen LogP contribution in [0.2, 0.25) is 0 Å². The summed E-state index contributed by atoms with van der Waals surface area (Å²) in [7, 11) is -4.72. The second kappa shape index (κ2) is 13.8. The van der Waals surface area contributed by atoms with Gasteiger partial charge < -0.3 is 0 Å². The average molecular weight is 457 g/mol. The first-order chi connectivity index (χ1) is 14.7. The molecule has 31 heavy (non-hydrogen) atoms. The molecular formula is C24H41O6P. The molecule has 7 heteroatoms. The Morgan fingerprint density at radius 3 is 1.61 bits per heavy atom. The molecule has 0 atom stereocenters. The molecule has 178 valence electrons. The van der Waals surface area contributed by atoms with Gasteiger partial charge >= 0.3 is 187 Å². The quantitative estimate of drug-likeness (QED) is 0.181. The van der Waals surface area contributed by atoms with E-state index in [1.165, 1.54) is 24.3 Å². The third-order valence-electron chi connectivity index (χ3n) is 5.59. The zero-order valence-corrected chi connectivity index (χ0v) is 20.1. The number of carbonyl (C=O) groups excluding carboxylic acids is 1. The maximum atomic E-state index is 12.8. The van der Waals surface area contributed by atoms with E-state index in [1.54, 1.807) is 0 Å². The summed E-state index contributed by atoms with van der Waals surface area (Å²) in [6, 6.07) is 5.71. The molecule has 0 aliphatic rings. The number of rotatable bonds is 17. The molecule has 0 unspecified atom stereocenters. The van der Waals surface area contributed by atoms with Crippen LogP contribution in [-0.4, -0.2) is 39.2 Å². The van der Waals surface area contributed by atoms with E-state index in [-0.39, 0.29) is 23.5 Å². The number of unbranched alkanes of at least 4 members (excludes halogenated alkanes) is 10. The first kappa shape index (κ1) is 27.5. The van der Waals surface area contributed by atoms with Gasteiger partial charge in [-0.15, -0.1) is 0 Å². The van der Waals surface area contributed by atoms with Gasteiger partial charge in [-0.1, -0.05) is 0 Å². The van der Waals surface area contributed by atoms with Crippen LogP contribution in [0, 0.1) is 0 Å². The molecule has 6 nitrogen and oxygen atoms in total. The zero-order chi connectivity index (χ0) is 23.2. The second-order valence-corrected chi connectivity index (χ2v) is 12.2. The average Bonchev–Trinajstić information content (AvgIpc) is 2.73. The molecule has 0 fully saturated rings. The minimum absolute atomic E-state index is 0.0354. The van der Waals surface area contributed by atoms with Gasteiger partial charge in [0.15, 0.2) is 0 Å². The molecule has 3 N–H and O–H groups in total. The Bertz CT molecular complexity index is 668. The Kier molecular flexibility index (Phi) is 12.3. The van der Waals surface area contributed by atoms with Crippen LogP contribution in [0.1, 0.15) is 112 Å². The first-order valence-electron chi connectivity index (χ1n) is 11.8. The molecular weight excluding hydrogens is 415 g/mol. The second-order valence-electron chi connectivity index (χ2n) is 8.51. The molecule has 0 bridgehead atoms. The van der Waals surface area contributed by atoms with E-state index in [0.717, 1.165) is 64.2 Å². The third-order valence-corrected chi connectivity index (χ3v) is 8.61. The third kappa shape index (κ3) is 10.6. The SMILES string of the molecule is CCCCCCCCP(O)(O)(CCCCCCCC)OC(=O)c1ccccc1C(=O)O. The first-order valence-corrected chi connectivity index (χ1v) is 14.2. The summed E-state index contributed by atoms with van der Waals surface area (Å²) in [5.74, 6) is -2.23. The standard InChI is InChI=1S/C24H41O6P/c1-3-5-7-9-11-15-19-31(28,29,20-16-12-10-8-6-4-2)30-24(27)22-18-14-13-17-21(22)23(25)26/h13-14,17-18,28-29H,3-12,15-16,19-20H2,1-2H3,(H,25,26). The number of hydrogen-bond donors (Lipinski definition) is 3. The van der Waals surface area contributed by atoms with E-state index < -0.39 is 19.2 Å². The Morgan fingerprint density at radius 2 is 1.16 bits per heavy atom. The summed E-state index contributed by atoms with van der Waals surface area (Å²) in [6.45, 7) is 4.28. The van der Waals surface area contributed by atoms with Crippen LogP contribution >= 0.6 is 7.28 Å². The van der Waals surface area contributed by atoms with Crippen molar-refractivity contribution in [3.8, 4) is 0 Å². The van der Waals surface area contributed by atoms with Gasteiger partial charge in [0.05, 0.1) is 0 Å². The van der Waals surface area contributed by atoms with Crippen molar-refractivity contribution < 1.29 is 29.0 Å². The van der Waals surface area contributed by atoms with Crippen molar-refractivity contribution in [2.45, 2.75) is 90.9 Å². The number of aromatic carboxylic acids is 1. The molecule has 0 spiro atoms. The number of carboxylic acid groups (broad SMARTS) is 1. The van der Waals surface area contributed by atoms with Crippen molar-refractivity contribution in [1.29, 1.82) is 0 Å². The fraction of sp³-hybridized carbons (Fsp3) is 0.667. The van der Waals surface area contributed by atoms with Crippen LogP contribution in [0.5, 0.6) is 0 Å². The summed E-state index contributed by atoms with van der Waals surface area (Å²) < 4.78 is 5.40. The summed E-state index contributed by atoms with van der Waals surface area (Å²) in [4.78, 5) is 46.7. The Hall–Kier alpha value is -1.49. The summed E-state index contributed by atoms with van der Waals surface area (Å²) in [6.07, 6.45) is 11.7. The van der Waals surface area contributed by atoms with Gasteiger partial charge in [0.1, 0.15) is 0 Å². The van der Waals surface area contributed by atoms with Gasteiger partial charge in [0, 0.05) is 0 Å². The van der Waals surface area contributed by atoms with Gasteiger partial charge in [-0.05, 0) is 0 Å². The molecule has 0 heterocycles. The monoisotopic (exact) mass is 456 g/mol. The van der Waals surface area contributed by atoms with E-state index in [9.17, 15) is 24.5 Å². The predicted molar refractivity (Wildman–Crippen MR) is 127 cm³/mol. The minimum atomic E-state index is -4.72. The van der Waals surface area contributed by atoms with E-state index in [1.807, 2.05) is 0 Å². The van der Waals surface area contributed by atoms with Crippen LogP contribution in [0.3, 0.4) is 0 Å². The molecule has 1 rings (SSSR count). The molecule has 0 amide bonds. The molecule has 0 aliphatic carbocycles.